The lowest BCUT2D eigenvalue weighted by molar-refractivity contribution is -0.116. The summed E-state index contributed by atoms with van der Waals surface area (Å²) in [5, 5.41) is 3.50. The maximum absolute atomic E-state index is 12.1. The molecule has 0 fully saturated rings. The number of carbonyl (C=O) groups excluding carboxylic acids is 1. The maximum Gasteiger partial charge on any atom is 0.240 e. The standard InChI is InChI=1S/C16H14ClN3O3S2/c17-11-4-3-5-12(10-11)25(22,23)18-9-8-15(21)20-16-19-13-6-1-2-7-14(13)24-16/h1-7,10,18H,8-9H2,(H,19,20,21). The van der Waals surface area contributed by atoms with Gasteiger partial charge in [-0.05, 0) is 30.3 Å². The van der Waals surface area contributed by atoms with Crippen LogP contribution in [0, 0.1) is 0 Å². The first-order valence-corrected chi connectivity index (χ1v) is 10.0. The highest BCUT2D eigenvalue weighted by molar-refractivity contribution is 7.89. The summed E-state index contributed by atoms with van der Waals surface area (Å²) in [6.07, 6.45) is -0.00425. The molecule has 1 heterocycles. The number of hydrogen-bond acceptors (Lipinski definition) is 5. The number of rotatable bonds is 6. The van der Waals surface area contributed by atoms with Gasteiger partial charge in [0.25, 0.3) is 0 Å². The van der Waals surface area contributed by atoms with E-state index in [1.807, 2.05) is 24.3 Å². The monoisotopic (exact) mass is 395 g/mol. The molecule has 130 valence electrons. The molecule has 0 unspecified atom stereocenters. The molecule has 0 saturated heterocycles. The number of hydrogen-bond donors (Lipinski definition) is 2. The van der Waals surface area contributed by atoms with E-state index >= 15 is 0 Å². The Morgan fingerprint density at radius 2 is 1.96 bits per heavy atom. The van der Waals surface area contributed by atoms with Crippen molar-refractivity contribution in [3.63, 3.8) is 0 Å². The first-order valence-electron chi connectivity index (χ1n) is 7.35. The van der Waals surface area contributed by atoms with Crippen LogP contribution in [-0.2, 0) is 14.8 Å². The van der Waals surface area contributed by atoms with Gasteiger partial charge in [0.05, 0.1) is 15.1 Å². The maximum atomic E-state index is 12.1. The Balaban J connectivity index is 1.55. The molecule has 1 amide bonds. The van der Waals surface area contributed by atoms with Gasteiger partial charge < -0.3 is 5.32 Å². The summed E-state index contributed by atoms with van der Waals surface area (Å²) in [5.74, 6) is -0.312. The van der Waals surface area contributed by atoms with Crippen molar-refractivity contribution in [2.45, 2.75) is 11.3 Å². The molecule has 2 aromatic carbocycles. The van der Waals surface area contributed by atoms with E-state index in [0.29, 0.717) is 10.2 Å². The number of aromatic nitrogens is 1. The Morgan fingerprint density at radius 1 is 1.16 bits per heavy atom. The van der Waals surface area contributed by atoms with Gasteiger partial charge >= 0.3 is 0 Å². The fourth-order valence-electron chi connectivity index (χ4n) is 2.12. The van der Waals surface area contributed by atoms with Crippen LogP contribution in [0.4, 0.5) is 5.13 Å². The average molecular weight is 396 g/mol. The van der Waals surface area contributed by atoms with Gasteiger partial charge in [-0.3, -0.25) is 4.79 Å². The van der Waals surface area contributed by atoms with E-state index in [-0.39, 0.29) is 23.8 Å². The zero-order valence-electron chi connectivity index (χ0n) is 12.9. The van der Waals surface area contributed by atoms with Crippen molar-refractivity contribution in [3.05, 3.63) is 53.6 Å². The van der Waals surface area contributed by atoms with Crippen molar-refractivity contribution >= 4 is 54.2 Å². The van der Waals surface area contributed by atoms with Gasteiger partial charge in [-0.1, -0.05) is 41.1 Å². The van der Waals surface area contributed by atoms with Gasteiger partial charge in [0, 0.05) is 18.0 Å². The fourth-order valence-corrected chi connectivity index (χ4v) is 4.34. The predicted octanol–water partition coefficient (Wildman–Crippen LogP) is 3.26. The zero-order chi connectivity index (χ0) is 17.9. The first-order chi connectivity index (χ1) is 11.9. The molecular weight excluding hydrogens is 382 g/mol. The number of carbonyl (C=O) groups is 1. The van der Waals surface area contributed by atoms with Crippen LogP contribution >= 0.6 is 22.9 Å². The Hall–Kier alpha value is -2.00. The molecular formula is C16H14ClN3O3S2. The molecule has 1 aromatic heterocycles. The number of para-hydroxylation sites is 1. The van der Waals surface area contributed by atoms with E-state index in [1.54, 1.807) is 12.1 Å². The van der Waals surface area contributed by atoms with Crippen molar-refractivity contribution in [2.24, 2.45) is 0 Å². The molecule has 0 aliphatic heterocycles. The minimum absolute atomic E-state index is 0.00425. The van der Waals surface area contributed by atoms with Crippen molar-refractivity contribution in [1.29, 1.82) is 0 Å². The largest absolute Gasteiger partial charge is 0.302 e. The number of sulfonamides is 1. The molecule has 0 spiro atoms. The van der Waals surface area contributed by atoms with Crippen molar-refractivity contribution in [2.75, 3.05) is 11.9 Å². The molecule has 0 atom stereocenters. The minimum atomic E-state index is -3.70. The Labute approximate surface area is 153 Å². The lowest BCUT2D eigenvalue weighted by Crippen LogP contribution is -2.27. The topological polar surface area (TPSA) is 88.2 Å². The molecule has 3 rings (SSSR count). The Kier molecular flexibility index (Phi) is 5.33. The number of anilines is 1. The van der Waals surface area contributed by atoms with E-state index in [2.05, 4.69) is 15.0 Å². The Bertz CT molecular complexity index is 985. The van der Waals surface area contributed by atoms with Crippen LogP contribution in [0.2, 0.25) is 5.02 Å². The summed E-state index contributed by atoms with van der Waals surface area (Å²) in [4.78, 5) is 16.3. The highest BCUT2D eigenvalue weighted by Crippen LogP contribution is 2.25. The molecule has 0 saturated carbocycles. The SMILES string of the molecule is O=C(CCNS(=O)(=O)c1cccc(Cl)c1)Nc1nc2ccccc2s1. The predicted molar refractivity (Wildman–Crippen MR) is 99.5 cm³/mol. The number of amides is 1. The van der Waals surface area contributed by atoms with Crippen LogP contribution in [0.3, 0.4) is 0 Å². The smallest absolute Gasteiger partial charge is 0.240 e. The molecule has 6 nitrogen and oxygen atoms in total. The minimum Gasteiger partial charge on any atom is -0.302 e. The highest BCUT2D eigenvalue weighted by atomic mass is 35.5. The molecule has 0 aliphatic carbocycles. The first kappa shape index (κ1) is 17.8. The van der Waals surface area contributed by atoms with Gasteiger partial charge in [0.15, 0.2) is 5.13 Å². The zero-order valence-corrected chi connectivity index (χ0v) is 15.3. The van der Waals surface area contributed by atoms with Crippen LogP contribution in [0.1, 0.15) is 6.42 Å². The number of nitrogens with zero attached hydrogens (tertiary/aromatic N) is 1. The highest BCUT2D eigenvalue weighted by Gasteiger charge is 2.15. The summed E-state index contributed by atoms with van der Waals surface area (Å²) in [6, 6.07) is 13.5. The van der Waals surface area contributed by atoms with E-state index in [9.17, 15) is 13.2 Å². The summed E-state index contributed by atoms with van der Waals surface area (Å²) in [6.45, 7) is -0.0222. The second-order valence-electron chi connectivity index (χ2n) is 5.14. The number of fused-ring (bicyclic) bond motifs is 1. The van der Waals surface area contributed by atoms with Gasteiger partial charge in [0.2, 0.25) is 15.9 Å². The number of nitrogens with one attached hydrogen (secondary N) is 2. The quantitative estimate of drug-likeness (QED) is 0.670. The van der Waals surface area contributed by atoms with Crippen LogP contribution in [0.25, 0.3) is 10.2 Å². The van der Waals surface area contributed by atoms with Crippen molar-refractivity contribution in [1.82, 2.24) is 9.71 Å². The van der Waals surface area contributed by atoms with E-state index in [4.69, 9.17) is 11.6 Å². The second-order valence-corrected chi connectivity index (χ2v) is 8.37. The summed E-state index contributed by atoms with van der Waals surface area (Å²) in [5.41, 5.74) is 0.810. The molecule has 9 heteroatoms. The third-order valence-corrected chi connectivity index (χ3v) is 5.94. The molecule has 0 bridgehead atoms. The van der Waals surface area contributed by atoms with Crippen LogP contribution < -0.4 is 10.0 Å². The van der Waals surface area contributed by atoms with Crippen LogP contribution in [-0.4, -0.2) is 25.9 Å². The summed E-state index contributed by atoms with van der Waals surface area (Å²) >= 11 is 7.16. The molecule has 0 radical (unpaired) electrons. The number of halogens is 1. The third-order valence-electron chi connectivity index (χ3n) is 3.29. The molecule has 0 aliphatic rings. The van der Waals surface area contributed by atoms with Gasteiger partial charge in [-0.25, -0.2) is 18.1 Å². The van der Waals surface area contributed by atoms with Gasteiger partial charge in [-0.2, -0.15) is 0 Å². The second kappa shape index (κ2) is 7.49. The fraction of sp³-hybridized carbons (Fsp3) is 0.125. The molecule has 2 N–H and O–H groups in total. The number of benzene rings is 2. The van der Waals surface area contributed by atoms with Crippen LogP contribution in [0.5, 0.6) is 0 Å². The summed E-state index contributed by atoms with van der Waals surface area (Å²) < 4.78 is 27.6. The van der Waals surface area contributed by atoms with Gasteiger partial charge in [0.1, 0.15) is 0 Å². The average Bonchev–Trinajstić information content (AvgIpc) is 2.96. The molecule has 25 heavy (non-hydrogen) atoms. The van der Waals surface area contributed by atoms with Crippen LogP contribution in [0.15, 0.2) is 53.4 Å². The molecule has 3 aromatic rings. The summed E-state index contributed by atoms with van der Waals surface area (Å²) in [7, 11) is -3.70. The lowest BCUT2D eigenvalue weighted by atomic mass is 10.3. The van der Waals surface area contributed by atoms with Gasteiger partial charge in [-0.15, -0.1) is 0 Å². The van der Waals surface area contributed by atoms with E-state index in [0.717, 1.165) is 10.2 Å². The van der Waals surface area contributed by atoms with Crippen molar-refractivity contribution in [3.8, 4) is 0 Å². The van der Waals surface area contributed by atoms with E-state index < -0.39 is 10.0 Å². The lowest BCUT2D eigenvalue weighted by Gasteiger charge is -2.07. The van der Waals surface area contributed by atoms with Crippen molar-refractivity contribution < 1.29 is 13.2 Å². The number of thiazole rings is 1. The Morgan fingerprint density at radius 3 is 2.72 bits per heavy atom. The third kappa shape index (κ3) is 4.55. The normalized spacial score (nSPS) is 11.6. The van der Waals surface area contributed by atoms with E-state index in [1.165, 1.54) is 23.5 Å².